The van der Waals surface area contributed by atoms with Crippen LogP contribution >= 0.6 is 21.8 Å². The summed E-state index contributed by atoms with van der Waals surface area (Å²) in [6.07, 6.45) is 7.90. The molecule has 1 rings (SSSR count). The molecule has 114 valence electrons. The molecule has 0 spiro atoms. The molecular formula is C12H27NO3S2Si. The molecule has 1 aliphatic carbocycles. The minimum Gasteiger partial charge on any atom is -0.377 e. The average Bonchev–Trinajstić information content (AvgIpc) is 2.48. The second-order valence-electron chi connectivity index (χ2n) is 4.76. The first-order chi connectivity index (χ1) is 9.26. The SMILES string of the molecule is CO[Si](CCCSSNC1CCCCC1)(OC)OC. The van der Waals surface area contributed by atoms with Crippen molar-refractivity contribution in [1.82, 2.24) is 4.72 Å². The maximum Gasteiger partial charge on any atom is 0.500 e. The van der Waals surface area contributed by atoms with Gasteiger partial charge in [0.15, 0.2) is 0 Å². The third-order valence-corrected chi connectivity index (χ3v) is 8.50. The van der Waals surface area contributed by atoms with Gasteiger partial charge in [0.05, 0.1) is 0 Å². The molecule has 0 amide bonds. The van der Waals surface area contributed by atoms with E-state index in [9.17, 15) is 0 Å². The summed E-state index contributed by atoms with van der Waals surface area (Å²) in [6.45, 7) is 0. The van der Waals surface area contributed by atoms with Gasteiger partial charge in [-0.3, -0.25) is 4.72 Å². The van der Waals surface area contributed by atoms with Gasteiger partial charge in [-0.05, 0) is 30.2 Å². The molecule has 0 heterocycles. The summed E-state index contributed by atoms with van der Waals surface area (Å²) in [5.41, 5.74) is 0. The van der Waals surface area contributed by atoms with E-state index in [4.69, 9.17) is 13.3 Å². The maximum atomic E-state index is 5.40. The molecular weight excluding hydrogens is 298 g/mol. The van der Waals surface area contributed by atoms with Gasteiger partial charge in [-0.15, -0.1) is 0 Å². The average molecular weight is 326 g/mol. The van der Waals surface area contributed by atoms with Crippen molar-refractivity contribution in [3.63, 3.8) is 0 Å². The summed E-state index contributed by atoms with van der Waals surface area (Å²) in [4.78, 5) is 0. The quantitative estimate of drug-likeness (QED) is 0.287. The Kier molecular flexibility index (Phi) is 9.82. The van der Waals surface area contributed by atoms with Crippen LogP contribution in [0.3, 0.4) is 0 Å². The largest absolute Gasteiger partial charge is 0.500 e. The fourth-order valence-electron chi connectivity index (χ4n) is 2.27. The minimum absolute atomic E-state index is 0.719. The highest BCUT2D eigenvalue weighted by atomic mass is 33.1. The Balaban J connectivity index is 2.01. The molecule has 0 aliphatic heterocycles. The van der Waals surface area contributed by atoms with Gasteiger partial charge in [0.2, 0.25) is 0 Å². The third-order valence-electron chi connectivity index (χ3n) is 3.52. The van der Waals surface area contributed by atoms with E-state index in [0.717, 1.165) is 24.3 Å². The van der Waals surface area contributed by atoms with Crippen LogP contribution in [0.1, 0.15) is 38.5 Å². The van der Waals surface area contributed by atoms with Crippen molar-refractivity contribution in [2.24, 2.45) is 0 Å². The predicted octanol–water partition coefficient (Wildman–Crippen LogP) is 3.47. The molecule has 0 radical (unpaired) electrons. The van der Waals surface area contributed by atoms with Gasteiger partial charge in [0.1, 0.15) is 0 Å². The standard InChI is InChI=1S/C12H27NO3S2Si/c1-14-19(15-2,16-3)11-7-10-17-18-13-12-8-5-4-6-9-12/h12-13H,4-11H2,1-3H3. The zero-order valence-corrected chi connectivity index (χ0v) is 14.9. The molecule has 19 heavy (non-hydrogen) atoms. The molecule has 7 heteroatoms. The second-order valence-corrected chi connectivity index (χ2v) is 10.1. The Bertz CT molecular complexity index is 219. The summed E-state index contributed by atoms with van der Waals surface area (Å²) in [5, 5.41) is 0. The van der Waals surface area contributed by atoms with Crippen LogP contribution in [-0.4, -0.2) is 41.9 Å². The molecule has 0 saturated heterocycles. The van der Waals surface area contributed by atoms with Crippen molar-refractivity contribution in [3.05, 3.63) is 0 Å². The molecule has 0 unspecified atom stereocenters. The molecule has 0 atom stereocenters. The Morgan fingerprint density at radius 3 is 2.26 bits per heavy atom. The van der Waals surface area contributed by atoms with Crippen LogP contribution in [0.25, 0.3) is 0 Å². The van der Waals surface area contributed by atoms with Crippen LogP contribution in [-0.2, 0) is 13.3 Å². The lowest BCUT2D eigenvalue weighted by Crippen LogP contribution is -2.42. The van der Waals surface area contributed by atoms with Crippen LogP contribution in [0.5, 0.6) is 0 Å². The Labute approximate surface area is 126 Å². The zero-order chi connectivity index (χ0) is 14.0. The molecule has 1 saturated carbocycles. The molecule has 0 aromatic rings. The highest BCUT2D eigenvalue weighted by Crippen LogP contribution is 2.26. The van der Waals surface area contributed by atoms with Crippen molar-refractivity contribution in [3.8, 4) is 0 Å². The van der Waals surface area contributed by atoms with Crippen LogP contribution in [0.15, 0.2) is 0 Å². The number of rotatable bonds is 10. The fraction of sp³-hybridized carbons (Fsp3) is 1.00. The van der Waals surface area contributed by atoms with E-state index < -0.39 is 8.80 Å². The van der Waals surface area contributed by atoms with Crippen LogP contribution in [0.4, 0.5) is 0 Å². The van der Waals surface area contributed by atoms with Crippen molar-refractivity contribution in [2.45, 2.75) is 50.6 Å². The van der Waals surface area contributed by atoms with E-state index in [-0.39, 0.29) is 0 Å². The van der Waals surface area contributed by atoms with Gasteiger partial charge in [0.25, 0.3) is 0 Å². The third kappa shape index (κ3) is 6.84. The van der Waals surface area contributed by atoms with Crippen molar-refractivity contribution < 1.29 is 13.3 Å². The van der Waals surface area contributed by atoms with Crippen LogP contribution in [0, 0.1) is 0 Å². The first-order valence-corrected chi connectivity index (χ1v) is 11.2. The number of hydrogen-bond donors (Lipinski definition) is 1. The highest BCUT2D eigenvalue weighted by molar-refractivity contribution is 8.76. The van der Waals surface area contributed by atoms with Crippen LogP contribution < -0.4 is 4.72 Å². The maximum absolute atomic E-state index is 5.40. The normalized spacial score (nSPS) is 17.8. The van der Waals surface area contributed by atoms with Gasteiger partial charge in [-0.25, -0.2) is 0 Å². The first-order valence-electron chi connectivity index (χ1n) is 6.96. The lowest BCUT2D eigenvalue weighted by molar-refractivity contribution is 0.123. The molecule has 4 nitrogen and oxygen atoms in total. The zero-order valence-electron chi connectivity index (χ0n) is 12.3. The first kappa shape index (κ1) is 17.8. The van der Waals surface area contributed by atoms with E-state index in [0.29, 0.717) is 0 Å². The second kappa shape index (κ2) is 10.5. The predicted molar refractivity (Wildman–Crippen MR) is 86.3 cm³/mol. The lowest BCUT2D eigenvalue weighted by Gasteiger charge is -2.24. The van der Waals surface area contributed by atoms with E-state index in [1.165, 1.54) is 32.1 Å². The number of hydrogen-bond acceptors (Lipinski definition) is 6. The minimum atomic E-state index is -2.35. The molecule has 1 N–H and O–H groups in total. The van der Waals surface area contributed by atoms with Gasteiger partial charge in [0, 0.05) is 39.2 Å². The van der Waals surface area contributed by atoms with Gasteiger partial charge < -0.3 is 13.3 Å². The Morgan fingerprint density at radius 2 is 1.68 bits per heavy atom. The van der Waals surface area contributed by atoms with E-state index in [1.807, 2.05) is 10.8 Å². The van der Waals surface area contributed by atoms with Crippen molar-refractivity contribution >= 4 is 30.6 Å². The molecule has 1 fully saturated rings. The fourth-order valence-corrected chi connectivity index (χ4v) is 6.25. The molecule has 0 aromatic carbocycles. The summed E-state index contributed by atoms with van der Waals surface area (Å²) in [5.74, 6) is 1.09. The highest BCUT2D eigenvalue weighted by Gasteiger charge is 2.36. The summed E-state index contributed by atoms with van der Waals surface area (Å²) < 4.78 is 19.8. The molecule has 0 aromatic heterocycles. The molecule has 0 bridgehead atoms. The topological polar surface area (TPSA) is 39.7 Å². The summed E-state index contributed by atoms with van der Waals surface area (Å²) in [7, 11) is 6.34. The molecule has 1 aliphatic rings. The Hall–Kier alpha value is 0.757. The van der Waals surface area contributed by atoms with Crippen molar-refractivity contribution in [2.75, 3.05) is 27.1 Å². The number of nitrogens with one attached hydrogen (secondary N) is 1. The Morgan fingerprint density at radius 1 is 1.05 bits per heavy atom. The van der Waals surface area contributed by atoms with E-state index in [1.54, 1.807) is 32.3 Å². The van der Waals surface area contributed by atoms with E-state index >= 15 is 0 Å². The summed E-state index contributed by atoms with van der Waals surface area (Å²) in [6, 6.07) is 1.60. The van der Waals surface area contributed by atoms with Gasteiger partial charge in [-0.2, -0.15) is 0 Å². The van der Waals surface area contributed by atoms with Crippen molar-refractivity contribution in [1.29, 1.82) is 0 Å². The van der Waals surface area contributed by atoms with Crippen LogP contribution in [0.2, 0.25) is 6.04 Å². The summed E-state index contributed by atoms with van der Waals surface area (Å²) >= 11 is 0. The lowest BCUT2D eigenvalue weighted by atomic mass is 9.96. The monoisotopic (exact) mass is 325 g/mol. The van der Waals surface area contributed by atoms with Gasteiger partial charge >= 0.3 is 8.80 Å². The van der Waals surface area contributed by atoms with Gasteiger partial charge in [-0.1, -0.05) is 30.1 Å². The van der Waals surface area contributed by atoms with E-state index in [2.05, 4.69) is 4.72 Å². The smallest absolute Gasteiger partial charge is 0.377 e.